The van der Waals surface area contributed by atoms with Gasteiger partial charge in [0.1, 0.15) is 23.9 Å². The minimum absolute atomic E-state index is 0.0446. The Labute approximate surface area is 230 Å². The van der Waals surface area contributed by atoms with E-state index in [2.05, 4.69) is 0 Å². The van der Waals surface area contributed by atoms with E-state index in [0.717, 1.165) is 29.2 Å². The van der Waals surface area contributed by atoms with Crippen molar-refractivity contribution in [1.29, 1.82) is 0 Å². The first-order chi connectivity index (χ1) is 18.2. The van der Waals surface area contributed by atoms with Crippen LogP contribution in [0.2, 0.25) is 0 Å². The molecule has 0 N–H and O–H groups in total. The molecule has 0 aliphatic rings. The molecule has 0 saturated heterocycles. The molecule has 0 fully saturated rings. The van der Waals surface area contributed by atoms with Gasteiger partial charge in [-0.2, -0.15) is 16.8 Å². The number of hydrogen-bond donors (Lipinski definition) is 0. The first-order valence-corrected chi connectivity index (χ1v) is 15.4. The van der Waals surface area contributed by atoms with Gasteiger partial charge in [-0.05, 0) is 68.3 Å². The molecule has 210 valence electrons. The molecule has 39 heavy (non-hydrogen) atoms. The molecule has 0 atom stereocenters. The van der Waals surface area contributed by atoms with Gasteiger partial charge in [-0.1, -0.05) is 23.8 Å². The van der Waals surface area contributed by atoms with Crippen LogP contribution >= 0.6 is 0 Å². The third kappa shape index (κ3) is 7.90. The zero-order valence-electron chi connectivity index (χ0n) is 22.9. The van der Waals surface area contributed by atoms with E-state index in [4.69, 9.17) is 22.6 Å². The molecule has 3 rings (SSSR count). The van der Waals surface area contributed by atoms with Gasteiger partial charge >= 0.3 is 20.2 Å². The van der Waals surface area contributed by atoms with Crippen molar-refractivity contribution < 1.29 is 39.4 Å². The third-order valence-corrected chi connectivity index (χ3v) is 6.50. The highest BCUT2D eigenvalue weighted by molar-refractivity contribution is 7.86. The molecule has 0 saturated carbocycles. The van der Waals surface area contributed by atoms with Crippen LogP contribution in [0, 0.1) is 6.92 Å². The van der Waals surface area contributed by atoms with Gasteiger partial charge in [0.05, 0.1) is 26.7 Å². The lowest BCUT2D eigenvalue weighted by Gasteiger charge is -2.20. The van der Waals surface area contributed by atoms with E-state index in [9.17, 15) is 16.8 Å². The summed E-state index contributed by atoms with van der Waals surface area (Å²) in [6.07, 6.45) is 3.81. The average molecular weight is 577 g/mol. The van der Waals surface area contributed by atoms with Crippen molar-refractivity contribution in [3.63, 3.8) is 0 Å². The van der Waals surface area contributed by atoms with Gasteiger partial charge < -0.3 is 22.6 Å². The molecule has 0 heterocycles. The molecular weight excluding hydrogens is 544 g/mol. The minimum atomic E-state index is -3.84. The van der Waals surface area contributed by atoms with Gasteiger partial charge in [-0.3, -0.25) is 0 Å². The summed E-state index contributed by atoms with van der Waals surface area (Å²) in [5.74, 6) is 1.56. The molecular formula is C28H32O9S2. The summed E-state index contributed by atoms with van der Waals surface area (Å²) in [4.78, 5) is 0. The van der Waals surface area contributed by atoms with Crippen LogP contribution in [0.1, 0.15) is 19.4 Å². The lowest BCUT2D eigenvalue weighted by atomic mass is 9.93. The number of ether oxygens (including phenoxy) is 3. The van der Waals surface area contributed by atoms with E-state index < -0.39 is 20.2 Å². The number of rotatable bonds is 11. The lowest BCUT2D eigenvalue weighted by molar-refractivity contribution is 0.347. The molecule has 0 aromatic heterocycles. The Bertz CT molecular complexity index is 1580. The molecule has 9 nitrogen and oxygen atoms in total. The molecule has 0 radical (unpaired) electrons. The van der Waals surface area contributed by atoms with Crippen molar-refractivity contribution in [2.24, 2.45) is 0 Å². The predicted molar refractivity (Wildman–Crippen MR) is 151 cm³/mol. The Morgan fingerprint density at radius 1 is 0.769 bits per heavy atom. The Kier molecular flexibility index (Phi) is 9.18. The van der Waals surface area contributed by atoms with Crippen LogP contribution in [-0.2, 0) is 20.2 Å². The minimum Gasteiger partial charge on any atom is -0.496 e. The molecule has 0 aliphatic heterocycles. The zero-order chi connectivity index (χ0) is 29.0. The average Bonchev–Trinajstić information content (AvgIpc) is 2.82. The van der Waals surface area contributed by atoms with Crippen molar-refractivity contribution >= 4 is 20.2 Å². The van der Waals surface area contributed by atoms with Crippen LogP contribution in [0.25, 0.3) is 22.3 Å². The van der Waals surface area contributed by atoms with Gasteiger partial charge in [0.25, 0.3) is 0 Å². The summed E-state index contributed by atoms with van der Waals surface area (Å²) in [7, 11) is -4.42. The van der Waals surface area contributed by atoms with Crippen molar-refractivity contribution in [3.05, 3.63) is 65.7 Å². The number of benzene rings is 3. The quantitative estimate of drug-likeness (QED) is 0.220. The Balaban J connectivity index is 2.14. The molecule has 3 aromatic carbocycles. The fraction of sp³-hybridized carbons (Fsp3) is 0.286. The normalized spacial score (nSPS) is 11.5. The van der Waals surface area contributed by atoms with Gasteiger partial charge in [-0.25, -0.2) is 0 Å². The molecule has 0 amide bonds. The molecule has 11 heteroatoms. The Morgan fingerprint density at radius 2 is 1.38 bits per heavy atom. The summed E-state index contributed by atoms with van der Waals surface area (Å²) < 4.78 is 74.4. The summed E-state index contributed by atoms with van der Waals surface area (Å²) in [6, 6.07) is 13.3. The van der Waals surface area contributed by atoms with Crippen molar-refractivity contribution in [1.82, 2.24) is 0 Å². The van der Waals surface area contributed by atoms with Crippen LogP contribution in [0.4, 0.5) is 0 Å². The van der Waals surface area contributed by atoms with Gasteiger partial charge in [-0.15, -0.1) is 0 Å². The number of methoxy groups -OCH3 is 2. The second-order valence-electron chi connectivity index (χ2n) is 9.01. The number of allylic oxidation sites excluding steroid dienone is 1. The zero-order valence-corrected chi connectivity index (χ0v) is 24.5. The fourth-order valence-electron chi connectivity index (χ4n) is 3.94. The smallest absolute Gasteiger partial charge is 0.306 e. The van der Waals surface area contributed by atoms with E-state index in [0.29, 0.717) is 28.2 Å². The molecule has 0 aliphatic carbocycles. The largest absolute Gasteiger partial charge is 0.496 e. The van der Waals surface area contributed by atoms with Gasteiger partial charge in [0.15, 0.2) is 11.5 Å². The summed E-state index contributed by atoms with van der Waals surface area (Å²) in [5.41, 5.74) is 4.53. The SMILES string of the molecule is COc1cc(-c2ccc(OS(C)(=O)=O)cc2)c(OC)c(C)c1-c1ccc(OCC=C(C)C)c(OS(C)(=O)=O)c1. The summed E-state index contributed by atoms with van der Waals surface area (Å²) in [5, 5.41) is 0. The number of hydrogen-bond acceptors (Lipinski definition) is 9. The maximum atomic E-state index is 12.0. The fourth-order valence-corrected chi connectivity index (χ4v) is 4.86. The topological polar surface area (TPSA) is 114 Å². The van der Waals surface area contributed by atoms with E-state index in [1.165, 1.54) is 7.11 Å². The molecule has 0 unspecified atom stereocenters. The summed E-state index contributed by atoms with van der Waals surface area (Å²) in [6.45, 7) is 5.98. The van der Waals surface area contributed by atoms with Crippen LogP contribution in [0.3, 0.4) is 0 Å². The van der Waals surface area contributed by atoms with Crippen LogP contribution in [0.15, 0.2) is 60.2 Å². The Hall–Kier alpha value is -3.70. The van der Waals surface area contributed by atoms with E-state index in [1.54, 1.807) is 55.6 Å². The van der Waals surface area contributed by atoms with Crippen molar-refractivity contribution in [2.75, 3.05) is 33.3 Å². The molecule has 3 aromatic rings. The van der Waals surface area contributed by atoms with Crippen LogP contribution in [0.5, 0.6) is 28.7 Å². The van der Waals surface area contributed by atoms with E-state index in [-0.39, 0.29) is 23.9 Å². The predicted octanol–water partition coefficient (Wildman–Crippen LogP) is 5.37. The summed E-state index contributed by atoms with van der Waals surface area (Å²) >= 11 is 0. The van der Waals surface area contributed by atoms with E-state index >= 15 is 0 Å². The molecule has 0 spiro atoms. The van der Waals surface area contributed by atoms with Crippen molar-refractivity contribution in [2.45, 2.75) is 20.8 Å². The monoisotopic (exact) mass is 576 g/mol. The van der Waals surface area contributed by atoms with Gasteiger partial charge in [0, 0.05) is 16.7 Å². The van der Waals surface area contributed by atoms with Gasteiger partial charge in [0.2, 0.25) is 0 Å². The Morgan fingerprint density at radius 3 is 1.92 bits per heavy atom. The second-order valence-corrected chi connectivity index (χ2v) is 12.2. The highest BCUT2D eigenvalue weighted by atomic mass is 32.2. The third-order valence-electron chi connectivity index (χ3n) is 5.52. The standard InChI is InChI=1S/C28H32O9S2/c1-18(2)14-15-35-24-13-10-21(16-25(24)37-39(7,31)32)27-19(3)28(34-5)23(17-26(27)33-4)20-8-11-22(12-9-20)36-38(6,29)30/h8-14,16-17H,15H2,1-7H3. The highest BCUT2D eigenvalue weighted by Crippen LogP contribution is 2.46. The molecule has 0 bridgehead atoms. The second kappa shape index (κ2) is 12.0. The van der Waals surface area contributed by atoms with Crippen molar-refractivity contribution in [3.8, 4) is 51.0 Å². The van der Waals surface area contributed by atoms with Crippen LogP contribution < -0.4 is 22.6 Å². The lowest BCUT2D eigenvalue weighted by Crippen LogP contribution is -2.08. The first-order valence-electron chi connectivity index (χ1n) is 11.8. The van der Waals surface area contributed by atoms with Crippen LogP contribution in [-0.4, -0.2) is 50.2 Å². The van der Waals surface area contributed by atoms with E-state index in [1.807, 2.05) is 26.8 Å². The first kappa shape index (κ1) is 29.9. The maximum absolute atomic E-state index is 12.0. The highest BCUT2D eigenvalue weighted by Gasteiger charge is 2.22. The maximum Gasteiger partial charge on any atom is 0.306 e.